The van der Waals surface area contributed by atoms with Crippen LogP contribution in [0.25, 0.3) is 0 Å². The highest BCUT2D eigenvalue weighted by Gasteiger charge is 2.32. The molecule has 0 spiro atoms. The van der Waals surface area contributed by atoms with Gasteiger partial charge in [-0.3, -0.25) is 9.59 Å². The molecule has 1 atom stereocenters. The third-order valence-electron chi connectivity index (χ3n) is 4.55. The first-order valence-electron chi connectivity index (χ1n) is 8.98. The lowest BCUT2D eigenvalue weighted by molar-refractivity contribution is -0.138. The molecule has 0 fully saturated rings. The normalized spacial score (nSPS) is 12.5. The molecule has 0 aliphatic carbocycles. The van der Waals surface area contributed by atoms with E-state index >= 15 is 0 Å². The minimum atomic E-state index is -4.71. The second-order valence-corrected chi connectivity index (χ2v) is 7.08. The van der Waals surface area contributed by atoms with Crippen LogP contribution in [0, 0.1) is 0 Å². The number of nitrogens with zero attached hydrogens (tertiary/aromatic N) is 3. The van der Waals surface area contributed by atoms with Gasteiger partial charge in [0.15, 0.2) is 0 Å². The van der Waals surface area contributed by atoms with Crippen LogP contribution in [0.15, 0.2) is 53.7 Å². The van der Waals surface area contributed by atoms with E-state index in [0.29, 0.717) is 34.0 Å². The fraction of sp³-hybridized carbons (Fsp3) is 0.250. The molecule has 1 amide bonds. The highest BCUT2D eigenvalue weighted by molar-refractivity contribution is 6.30. The Morgan fingerprint density at radius 1 is 1.29 bits per heavy atom. The number of halogens is 4. The molecular formula is C20H18ClF3N4O3. The van der Waals surface area contributed by atoms with Crippen LogP contribution in [0.4, 0.5) is 13.2 Å². The van der Waals surface area contributed by atoms with Crippen molar-refractivity contribution in [1.82, 2.24) is 19.4 Å². The predicted octanol–water partition coefficient (Wildman–Crippen LogP) is 3.17. The van der Waals surface area contributed by atoms with Crippen molar-refractivity contribution in [2.45, 2.75) is 18.8 Å². The first kappa shape index (κ1) is 22.4. The lowest BCUT2D eigenvalue weighted by Crippen LogP contribution is -2.36. The monoisotopic (exact) mass is 454 g/mol. The summed E-state index contributed by atoms with van der Waals surface area (Å²) in [5.41, 5.74) is -1.36. The number of alkyl halides is 3. The molecule has 0 bridgehead atoms. The van der Waals surface area contributed by atoms with E-state index in [0.717, 1.165) is 0 Å². The maximum Gasteiger partial charge on any atom is 0.417 e. The van der Waals surface area contributed by atoms with Gasteiger partial charge in [0.1, 0.15) is 29.2 Å². The van der Waals surface area contributed by atoms with Crippen molar-refractivity contribution < 1.29 is 22.7 Å². The van der Waals surface area contributed by atoms with Crippen LogP contribution >= 0.6 is 11.6 Å². The standard InChI is InChI=1S/C20H18ClF3N4O3/c1-27-8-7-25-18(27)17(12-3-5-14(31-2)6-4-12)26-16(29)11-28-10-13(20(22,23)24)9-15(21)19(28)30/h3-10,17H,11H2,1-2H3,(H,26,29)/t17-/m0/s1. The van der Waals surface area contributed by atoms with Gasteiger partial charge in [-0.25, -0.2) is 4.98 Å². The van der Waals surface area contributed by atoms with Gasteiger partial charge in [0.2, 0.25) is 5.91 Å². The number of hydrogen-bond acceptors (Lipinski definition) is 4. The van der Waals surface area contributed by atoms with Crippen LogP contribution in [-0.2, 0) is 24.6 Å². The minimum absolute atomic E-state index is 0.493. The lowest BCUT2D eigenvalue weighted by atomic mass is 10.1. The molecule has 2 aromatic heterocycles. The molecule has 0 unspecified atom stereocenters. The van der Waals surface area contributed by atoms with Crippen LogP contribution in [0.3, 0.4) is 0 Å². The van der Waals surface area contributed by atoms with Gasteiger partial charge in [0.05, 0.1) is 12.7 Å². The van der Waals surface area contributed by atoms with Gasteiger partial charge in [-0.15, -0.1) is 0 Å². The zero-order valence-electron chi connectivity index (χ0n) is 16.5. The molecule has 0 aliphatic rings. The van der Waals surface area contributed by atoms with Crippen molar-refractivity contribution in [3.8, 4) is 5.75 Å². The summed E-state index contributed by atoms with van der Waals surface area (Å²) >= 11 is 5.65. The van der Waals surface area contributed by atoms with Gasteiger partial charge < -0.3 is 19.2 Å². The number of aryl methyl sites for hydroxylation is 1. The van der Waals surface area contributed by atoms with E-state index in [4.69, 9.17) is 16.3 Å². The number of nitrogens with one attached hydrogen (secondary N) is 1. The first-order chi connectivity index (χ1) is 14.6. The zero-order valence-corrected chi connectivity index (χ0v) is 17.2. The maximum absolute atomic E-state index is 13.0. The highest BCUT2D eigenvalue weighted by Crippen LogP contribution is 2.29. The van der Waals surface area contributed by atoms with Crippen molar-refractivity contribution in [1.29, 1.82) is 0 Å². The van der Waals surface area contributed by atoms with Crippen molar-refractivity contribution in [2.24, 2.45) is 7.05 Å². The molecule has 31 heavy (non-hydrogen) atoms. The fourth-order valence-corrected chi connectivity index (χ4v) is 3.21. The van der Waals surface area contributed by atoms with Crippen molar-refractivity contribution >= 4 is 17.5 Å². The number of rotatable bonds is 6. The summed E-state index contributed by atoms with van der Waals surface area (Å²) in [7, 11) is 3.26. The Balaban J connectivity index is 1.90. The SMILES string of the molecule is COc1ccc([C@H](NC(=O)Cn2cc(C(F)(F)F)cc(Cl)c2=O)c2nccn2C)cc1. The predicted molar refractivity (Wildman–Crippen MR) is 107 cm³/mol. The molecule has 2 heterocycles. The molecule has 0 radical (unpaired) electrons. The zero-order chi connectivity index (χ0) is 22.8. The van der Waals surface area contributed by atoms with E-state index in [1.165, 1.54) is 7.11 Å². The third-order valence-corrected chi connectivity index (χ3v) is 4.83. The smallest absolute Gasteiger partial charge is 0.417 e. The van der Waals surface area contributed by atoms with Gasteiger partial charge in [-0.05, 0) is 23.8 Å². The van der Waals surface area contributed by atoms with Crippen LogP contribution in [0.1, 0.15) is 23.0 Å². The van der Waals surface area contributed by atoms with Crippen molar-refractivity contribution in [2.75, 3.05) is 7.11 Å². The summed E-state index contributed by atoms with van der Waals surface area (Å²) in [5, 5.41) is 2.09. The number of hydrogen-bond donors (Lipinski definition) is 1. The molecule has 3 aromatic rings. The second-order valence-electron chi connectivity index (χ2n) is 6.68. The summed E-state index contributed by atoms with van der Waals surface area (Å²) < 4.78 is 46.6. The quantitative estimate of drug-likeness (QED) is 0.620. The Kier molecular flexibility index (Phi) is 6.40. The maximum atomic E-state index is 13.0. The number of amides is 1. The van der Waals surface area contributed by atoms with Crippen molar-refractivity contribution in [3.05, 3.63) is 81.3 Å². The molecule has 7 nitrogen and oxygen atoms in total. The topological polar surface area (TPSA) is 78.2 Å². The fourth-order valence-electron chi connectivity index (χ4n) is 2.98. The Bertz CT molecular complexity index is 1140. The Morgan fingerprint density at radius 2 is 1.97 bits per heavy atom. The summed E-state index contributed by atoms with van der Waals surface area (Å²) in [6.07, 6.45) is -0.907. The summed E-state index contributed by atoms with van der Waals surface area (Å²) in [5.74, 6) is 0.410. The molecular weight excluding hydrogens is 437 g/mol. The van der Waals surface area contributed by atoms with E-state index in [1.54, 1.807) is 48.3 Å². The van der Waals surface area contributed by atoms with Crippen molar-refractivity contribution in [3.63, 3.8) is 0 Å². The summed E-state index contributed by atoms with van der Waals surface area (Å²) in [6, 6.07) is 6.68. The summed E-state index contributed by atoms with van der Waals surface area (Å²) in [6.45, 7) is -0.653. The lowest BCUT2D eigenvalue weighted by Gasteiger charge is -2.20. The van der Waals surface area contributed by atoms with Gasteiger partial charge >= 0.3 is 6.18 Å². The van der Waals surface area contributed by atoms with E-state index in [2.05, 4.69) is 10.3 Å². The molecule has 0 aliphatic heterocycles. The molecule has 11 heteroatoms. The number of aromatic nitrogens is 3. The molecule has 0 saturated carbocycles. The second kappa shape index (κ2) is 8.84. The van der Waals surface area contributed by atoms with Crippen LogP contribution < -0.4 is 15.6 Å². The third kappa shape index (κ3) is 5.08. The summed E-state index contributed by atoms with van der Waals surface area (Å²) in [4.78, 5) is 29.1. The first-order valence-corrected chi connectivity index (χ1v) is 9.35. The number of imidazole rings is 1. The molecule has 0 saturated heterocycles. The van der Waals surface area contributed by atoms with Crippen LogP contribution in [0.5, 0.6) is 5.75 Å². The molecule has 1 N–H and O–H groups in total. The molecule has 3 rings (SSSR count). The Hall–Kier alpha value is -3.27. The van der Waals surface area contributed by atoms with Crippen LogP contribution in [0.2, 0.25) is 5.02 Å². The molecule has 1 aromatic carbocycles. The molecule has 164 valence electrons. The number of benzene rings is 1. The van der Waals surface area contributed by atoms with E-state index in [1.807, 2.05) is 0 Å². The number of carbonyl (C=O) groups excluding carboxylic acids is 1. The van der Waals surface area contributed by atoms with E-state index < -0.39 is 40.8 Å². The van der Waals surface area contributed by atoms with Crippen LogP contribution in [-0.4, -0.2) is 27.1 Å². The Labute approximate surface area is 180 Å². The largest absolute Gasteiger partial charge is 0.497 e. The number of pyridine rings is 1. The Morgan fingerprint density at radius 3 is 2.52 bits per heavy atom. The van der Waals surface area contributed by atoms with Gasteiger partial charge in [-0.1, -0.05) is 23.7 Å². The van der Waals surface area contributed by atoms with Gasteiger partial charge in [0.25, 0.3) is 5.56 Å². The number of methoxy groups -OCH3 is 1. The van der Waals surface area contributed by atoms with Gasteiger partial charge in [0, 0.05) is 25.6 Å². The van der Waals surface area contributed by atoms with E-state index in [-0.39, 0.29) is 0 Å². The average molecular weight is 455 g/mol. The van der Waals surface area contributed by atoms with E-state index in [9.17, 15) is 22.8 Å². The average Bonchev–Trinajstić information content (AvgIpc) is 3.14. The number of ether oxygens (including phenoxy) is 1. The number of carbonyl (C=O) groups is 1. The minimum Gasteiger partial charge on any atom is -0.497 e. The highest BCUT2D eigenvalue weighted by atomic mass is 35.5. The van der Waals surface area contributed by atoms with Gasteiger partial charge in [-0.2, -0.15) is 13.2 Å².